The standard InChI is InChI=1S/C16H15Cl3N2O3S2/c17-7-10-2-4-12-14(15(22)21(12)26(10)16(23)24)20-13(25)6-8-5-9(18)1-3-11(8)19/h1,3,5,12,14H,2,4,6-7H2,(H,20,25)(H,23,24)/t12-,14+,26?/m1/s1. The monoisotopic (exact) mass is 452 g/mol. The van der Waals surface area contributed by atoms with Gasteiger partial charge in [-0.1, -0.05) is 35.4 Å². The molecule has 1 aromatic rings. The maximum Gasteiger partial charge on any atom is 0.378 e. The Hall–Kier alpha value is -0.860. The van der Waals surface area contributed by atoms with Crippen LogP contribution < -0.4 is 5.32 Å². The van der Waals surface area contributed by atoms with Crippen molar-refractivity contribution in [1.29, 1.82) is 0 Å². The first-order chi connectivity index (χ1) is 12.3. The number of hydrogen-bond donors (Lipinski definition) is 2. The number of alkyl halides is 1. The lowest BCUT2D eigenvalue weighted by atomic mass is 9.93. The van der Waals surface area contributed by atoms with Crippen LogP contribution in [-0.2, 0) is 11.2 Å². The minimum Gasteiger partial charge on any atom is -0.472 e. The zero-order chi connectivity index (χ0) is 19.0. The largest absolute Gasteiger partial charge is 0.472 e. The third-order valence-electron chi connectivity index (χ3n) is 4.35. The maximum absolute atomic E-state index is 12.5. The summed E-state index contributed by atoms with van der Waals surface area (Å²) in [5, 5.41) is 12.6. The predicted octanol–water partition coefficient (Wildman–Crippen LogP) is 4.10. The van der Waals surface area contributed by atoms with Crippen molar-refractivity contribution >= 4 is 78.8 Å². The minimum atomic E-state index is -1.27. The van der Waals surface area contributed by atoms with E-state index in [1.165, 1.54) is 4.31 Å². The highest BCUT2D eigenvalue weighted by molar-refractivity contribution is 8.26. The van der Waals surface area contributed by atoms with Crippen molar-refractivity contribution in [3.05, 3.63) is 33.8 Å². The Bertz CT molecular complexity index is 831. The minimum absolute atomic E-state index is 0.148. The van der Waals surface area contributed by atoms with Crippen LogP contribution in [0, 0.1) is 0 Å². The predicted molar refractivity (Wildman–Crippen MR) is 111 cm³/mol. The van der Waals surface area contributed by atoms with E-state index < -0.39 is 22.0 Å². The van der Waals surface area contributed by atoms with Crippen molar-refractivity contribution in [1.82, 2.24) is 9.62 Å². The number of rotatable bonds is 4. The molecule has 140 valence electrons. The van der Waals surface area contributed by atoms with Crippen LogP contribution in [0.5, 0.6) is 0 Å². The van der Waals surface area contributed by atoms with Crippen LogP contribution in [0.3, 0.4) is 0 Å². The Labute approximate surface area is 173 Å². The highest BCUT2D eigenvalue weighted by Crippen LogP contribution is 2.42. The van der Waals surface area contributed by atoms with E-state index in [0.29, 0.717) is 39.2 Å². The quantitative estimate of drug-likeness (QED) is 0.408. The van der Waals surface area contributed by atoms with E-state index in [4.69, 9.17) is 47.0 Å². The zero-order valence-electron chi connectivity index (χ0n) is 13.4. The summed E-state index contributed by atoms with van der Waals surface area (Å²) in [7, 11) is -1.27. The Morgan fingerprint density at radius 3 is 2.81 bits per heavy atom. The van der Waals surface area contributed by atoms with E-state index in [1.807, 2.05) is 0 Å². The molecular weight excluding hydrogens is 439 g/mol. The number of thiocarbonyl (C=S) groups is 1. The third kappa shape index (κ3) is 3.73. The van der Waals surface area contributed by atoms with E-state index in [2.05, 4.69) is 5.32 Å². The Morgan fingerprint density at radius 1 is 1.42 bits per heavy atom. The van der Waals surface area contributed by atoms with Crippen LogP contribution in [0.2, 0.25) is 10.0 Å². The topological polar surface area (TPSA) is 69.6 Å². The van der Waals surface area contributed by atoms with Gasteiger partial charge in [-0.15, -0.1) is 11.6 Å². The molecular formula is C16H15Cl3N2O3S2. The summed E-state index contributed by atoms with van der Waals surface area (Å²) in [5.41, 5.74) is 0.770. The van der Waals surface area contributed by atoms with Crippen molar-refractivity contribution in [2.24, 2.45) is 0 Å². The first-order valence-corrected chi connectivity index (χ1v) is 10.7. The molecule has 2 N–H and O–H groups in total. The van der Waals surface area contributed by atoms with E-state index in [9.17, 15) is 14.7 Å². The first-order valence-electron chi connectivity index (χ1n) is 7.78. The molecule has 1 unspecified atom stereocenters. The number of halogens is 3. The second-order valence-corrected chi connectivity index (χ2v) is 9.44. The van der Waals surface area contributed by atoms with E-state index in [0.717, 1.165) is 5.56 Å². The number of carbonyl (C=O) groups is 2. The molecule has 3 atom stereocenters. The van der Waals surface area contributed by atoms with Crippen LogP contribution >= 0.6 is 57.7 Å². The molecule has 0 spiro atoms. The Balaban J connectivity index is 1.70. The van der Waals surface area contributed by atoms with Crippen molar-refractivity contribution in [2.45, 2.75) is 31.3 Å². The number of fused-ring (bicyclic) bond motifs is 1. The van der Waals surface area contributed by atoms with Gasteiger partial charge in [0.05, 0.1) is 16.9 Å². The summed E-state index contributed by atoms with van der Waals surface area (Å²) in [6, 6.07) is 4.42. The number of nitrogens with zero attached hydrogens (tertiary/aromatic N) is 1. The van der Waals surface area contributed by atoms with Crippen LogP contribution in [0.15, 0.2) is 18.2 Å². The molecule has 1 amide bonds. The van der Waals surface area contributed by atoms with Gasteiger partial charge in [0.2, 0.25) is 0 Å². The maximum atomic E-state index is 12.5. The molecule has 0 saturated carbocycles. The van der Waals surface area contributed by atoms with E-state index >= 15 is 0 Å². The highest BCUT2D eigenvalue weighted by atomic mass is 35.5. The summed E-state index contributed by atoms with van der Waals surface area (Å²) in [4.78, 5) is 25.2. The lowest BCUT2D eigenvalue weighted by molar-refractivity contribution is -0.140. The average molecular weight is 454 g/mol. The smallest absolute Gasteiger partial charge is 0.378 e. The first kappa shape index (κ1) is 19.9. The number of hydrogen-bond acceptors (Lipinski definition) is 3. The number of benzene rings is 1. The molecule has 0 bridgehead atoms. The van der Waals surface area contributed by atoms with Gasteiger partial charge in [-0.2, -0.15) is 0 Å². The second kappa shape index (κ2) is 8.02. The van der Waals surface area contributed by atoms with Crippen molar-refractivity contribution < 1.29 is 14.7 Å². The lowest BCUT2D eigenvalue weighted by Crippen LogP contribution is -2.70. The van der Waals surface area contributed by atoms with Gasteiger partial charge in [-0.05, 0) is 41.5 Å². The molecule has 0 aliphatic carbocycles. The molecule has 10 heteroatoms. The number of carbonyl (C=O) groups excluding carboxylic acids is 1. The number of nitrogens with one attached hydrogen (secondary N) is 1. The van der Waals surface area contributed by atoms with Crippen LogP contribution in [0.25, 0.3) is 0 Å². The molecule has 26 heavy (non-hydrogen) atoms. The molecule has 0 radical (unpaired) electrons. The highest BCUT2D eigenvalue weighted by Gasteiger charge is 2.52. The summed E-state index contributed by atoms with van der Waals surface area (Å²) < 4.78 is 1.43. The fourth-order valence-corrected chi connectivity index (χ4v) is 6.14. The molecule has 2 aliphatic rings. The number of amides is 1. The van der Waals surface area contributed by atoms with E-state index in [1.54, 1.807) is 18.2 Å². The normalized spacial score (nSPS) is 24.7. The van der Waals surface area contributed by atoms with Crippen LogP contribution in [-0.4, -0.2) is 48.4 Å². The van der Waals surface area contributed by atoms with Crippen molar-refractivity contribution in [3.8, 4) is 0 Å². The molecule has 1 aromatic carbocycles. The van der Waals surface area contributed by atoms with Crippen LogP contribution in [0.1, 0.15) is 18.4 Å². The molecule has 1 saturated heterocycles. The number of β-lactam (4-membered cyclic amide) rings is 1. The Kier molecular flexibility index (Phi) is 6.14. The fraction of sp³-hybridized carbons (Fsp3) is 0.375. The molecule has 5 nitrogen and oxygen atoms in total. The van der Waals surface area contributed by atoms with Gasteiger partial charge in [0.25, 0.3) is 5.91 Å². The van der Waals surface area contributed by atoms with Gasteiger partial charge in [-0.25, -0.2) is 4.79 Å². The van der Waals surface area contributed by atoms with Gasteiger partial charge in [0.15, 0.2) is 0 Å². The fourth-order valence-electron chi connectivity index (χ4n) is 3.13. The van der Waals surface area contributed by atoms with Gasteiger partial charge < -0.3 is 10.4 Å². The SMILES string of the molecule is O=C1[C@@H](NC(=S)Cc2cc(Cl)ccc2Cl)[C@H]2CCC(CCl)=S(C(=O)O)N12. The summed E-state index contributed by atoms with van der Waals surface area (Å²) in [6.45, 7) is 0. The van der Waals surface area contributed by atoms with E-state index in [-0.39, 0.29) is 17.8 Å². The summed E-state index contributed by atoms with van der Waals surface area (Å²) in [6.07, 6.45) is 1.62. The van der Waals surface area contributed by atoms with Gasteiger partial charge in [-0.3, -0.25) is 9.10 Å². The summed E-state index contributed by atoms with van der Waals surface area (Å²) in [5.74, 6) is -0.113. The molecule has 2 heterocycles. The number of carboxylic acid groups (broad SMARTS) is 1. The third-order valence-corrected chi connectivity index (χ3v) is 7.77. The molecule has 2 aliphatic heterocycles. The lowest BCUT2D eigenvalue weighted by Gasteiger charge is -2.50. The zero-order valence-corrected chi connectivity index (χ0v) is 17.3. The Morgan fingerprint density at radius 2 is 2.15 bits per heavy atom. The molecule has 0 aromatic heterocycles. The van der Waals surface area contributed by atoms with Gasteiger partial charge in [0, 0.05) is 27.1 Å². The van der Waals surface area contributed by atoms with Crippen LogP contribution in [0.4, 0.5) is 4.79 Å². The van der Waals surface area contributed by atoms with Crippen molar-refractivity contribution in [3.63, 3.8) is 0 Å². The molecule has 3 rings (SSSR count). The van der Waals surface area contributed by atoms with Gasteiger partial charge >= 0.3 is 5.30 Å². The summed E-state index contributed by atoms with van der Waals surface area (Å²) >= 11 is 23.3. The van der Waals surface area contributed by atoms with Gasteiger partial charge in [0.1, 0.15) is 6.04 Å². The average Bonchev–Trinajstić information content (AvgIpc) is 2.61. The van der Waals surface area contributed by atoms with Crippen molar-refractivity contribution in [2.75, 3.05) is 5.88 Å². The molecule has 1 fully saturated rings. The second-order valence-electron chi connectivity index (χ2n) is 5.95.